The van der Waals surface area contributed by atoms with Crippen LogP contribution in [0.2, 0.25) is 5.02 Å². The zero-order chi connectivity index (χ0) is 29.3. The molecule has 2 aromatic carbocycles. The molecular weight excluding hydrogens is 581 g/mol. The van der Waals surface area contributed by atoms with Crippen molar-refractivity contribution in [3.63, 3.8) is 0 Å². The number of benzene rings is 2. The van der Waals surface area contributed by atoms with Crippen molar-refractivity contribution in [3.05, 3.63) is 64.8 Å². The lowest BCUT2D eigenvalue weighted by molar-refractivity contribution is -0.130. The first-order valence-corrected chi connectivity index (χ1v) is 14.2. The number of rotatable bonds is 8. The van der Waals surface area contributed by atoms with Crippen LogP contribution in [0, 0.1) is 6.92 Å². The Morgan fingerprint density at radius 1 is 1.12 bits per heavy atom. The van der Waals surface area contributed by atoms with Gasteiger partial charge in [0.25, 0.3) is 5.91 Å². The predicted octanol–water partition coefficient (Wildman–Crippen LogP) is 6.47. The van der Waals surface area contributed by atoms with Crippen LogP contribution in [0.4, 0.5) is 22.0 Å². The van der Waals surface area contributed by atoms with E-state index in [0.29, 0.717) is 27.5 Å². The summed E-state index contributed by atoms with van der Waals surface area (Å²) in [4.78, 5) is 13.2. The van der Waals surface area contributed by atoms with Crippen LogP contribution in [0.15, 0.2) is 48.5 Å². The van der Waals surface area contributed by atoms with Crippen molar-refractivity contribution in [2.45, 2.75) is 57.2 Å². The van der Waals surface area contributed by atoms with E-state index in [0.717, 1.165) is 0 Å². The Bertz CT molecular complexity index is 1480. The third-order valence-corrected chi connectivity index (χ3v) is 7.93. The highest BCUT2D eigenvalue weighted by molar-refractivity contribution is 7.87. The molecule has 3 aromatic rings. The zero-order valence-corrected chi connectivity index (χ0v) is 22.7. The largest absolute Gasteiger partial charge is 0.390 e. The molecule has 7 nitrogen and oxygen atoms in total. The summed E-state index contributed by atoms with van der Waals surface area (Å²) < 4.78 is 94.6. The third kappa shape index (κ3) is 7.30. The number of carbonyl (C=O) groups is 1. The van der Waals surface area contributed by atoms with E-state index in [-0.39, 0.29) is 37.1 Å². The van der Waals surface area contributed by atoms with E-state index in [1.165, 1.54) is 28.9 Å². The fourth-order valence-corrected chi connectivity index (χ4v) is 5.57. The van der Waals surface area contributed by atoms with Crippen molar-refractivity contribution in [3.8, 4) is 22.7 Å². The molecule has 0 bridgehead atoms. The SMILES string of the molecule is Cc1c(C(=O)NC2CCC(F)(F)CC2)nn(-c2ccccc2Cl)c1-c1ccc(OS(=O)(=O)CCC(F)(F)F)cc1. The van der Waals surface area contributed by atoms with Crippen LogP contribution in [0.25, 0.3) is 16.9 Å². The van der Waals surface area contributed by atoms with E-state index in [2.05, 4.69) is 10.4 Å². The van der Waals surface area contributed by atoms with E-state index in [1.54, 1.807) is 31.2 Å². The molecule has 0 atom stereocenters. The fourth-order valence-electron chi connectivity index (χ4n) is 4.38. The summed E-state index contributed by atoms with van der Waals surface area (Å²) in [7, 11) is -4.49. The van der Waals surface area contributed by atoms with Crippen molar-refractivity contribution < 1.29 is 39.3 Å². The molecular formula is C26H25ClF5N3O4S. The number of hydrogen-bond donors (Lipinski definition) is 1. The minimum atomic E-state index is -4.65. The molecule has 0 radical (unpaired) electrons. The molecule has 1 saturated carbocycles. The van der Waals surface area contributed by atoms with Gasteiger partial charge in [-0.05, 0) is 56.2 Å². The number of amides is 1. The van der Waals surface area contributed by atoms with Crippen LogP contribution in [0.1, 0.15) is 48.2 Å². The molecule has 0 spiro atoms. The first-order valence-electron chi connectivity index (χ1n) is 12.3. The van der Waals surface area contributed by atoms with Gasteiger partial charge in [-0.15, -0.1) is 0 Å². The van der Waals surface area contributed by atoms with E-state index in [4.69, 9.17) is 15.8 Å². The molecule has 1 aliphatic rings. The van der Waals surface area contributed by atoms with Crippen molar-refractivity contribution in [2.75, 3.05) is 5.75 Å². The number of halogens is 6. The Hall–Kier alpha value is -3.19. The second-order valence-electron chi connectivity index (χ2n) is 9.52. The van der Waals surface area contributed by atoms with Gasteiger partial charge in [0.2, 0.25) is 5.92 Å². The topological polar surface area (TPSA) is 90.3 Å². The lowest BCUT2D eigenvalue weighted by Crippen LogP contribution is -2.40. The summed E-state index contributed by atoms with van der Waals surface area (Å²) in [5.74, 6) is -4.72. The van der Waals surface area contributed by atoms with Gasteiger partial charge in [0, 0.05) is 30.0 Å². The maximum absolute atomic E-state index is 13.5. The van der Waals surface area contributed by atoms with Gasteiger partial charge < -0.3 is 9.50 Å². The van der Waals surface area contributed by atoms with E-state index in [1.807, 2.05) is 0 Å². The van der Waals surface area contributed by atoms with Gasteiger partial charge in [-0.2, -0.15) is 26.7 Å². The zero-order valence-electron chi connectivity index (χ0n) is 21.1. The number of nitrogens with one attached hydrogen (secondary N) is 1. The van der Waals surface area contributed by atoms with Gasteiger partial charge in [0.15, 0.2) is 5.69 Å². The smallest absolute Gasteiger partial charge is 0.382 e. The number of nitrogens with zero attached hydrogens (tertiary/aromatic N) is 2. The summed E-state index contributed by atoms with van der Waals surface area (Å²) in [5, 5.41) is 7.58. The molecule has 1 aliphatic carbocycles. The summed E-state index contributed by atoms with van der Waals surface area (Å²) in [6.45, 7) is 1.64. The highest BCUT2D eigenvalue weighted by Gasteiger charge is 2.36. The summed E-state index contributed by atoms with van der Waals surface area (Å²) in [6.07, 6.45) is -6.58. The second kappa shape index (κ2) is 11.4. The molecule has 0 saturated heterocycles. The van der Waals surface area contributed by atoms with Gasteiger partial charge in [0.05, 0.1) is 28.6 Å². The maximum Gasteiger partial charge on any atom is 0.390 e. The summed E-state index contributed by atoms with van der Waals surface area (Å²) in [5.41, 5.74) is 1.82. The standard InChI is InChI=1S/C26H25ClF5N3O4S/c1-16-22(24(36)33-18-10-12-25(28,29)13-11-18)34-35(21-5-3-2-4-20(21)27)23(16)17-6-8-19(9-7-17)39-40(37,38)15-14-26(30,31)32/h2-9,18H,10-15H2,1H3,(H,33,36). The van der Waals surface area contributed by atoms with Crippen LogP contribution in [0.5, 0.6) is 5.75 Å². The molecule has 0 unspecified atom stereocenters. The van der Waals surface area contributed by atoms with Gasteiger partial charge in [-0.1, -0.05) is 23.7 Å². The first kappa shape index (κ1) is 29.8. The third-order valence-electron chi connectivity index (χ3n) is 6.46. The highest BCUT2D eigenvalue weighted by Crippen LogP contribution is 2.35. The normalized spacial score (nSPS) is 16.1. The Morgan fingerprint density at radius 3 is 2.35 bits per heavy atom. The van der Waals surface area contributed by atoms with E-state index in [9.17, 15) is 35.2 Å². The quantitative estimate of drug-likeness (QED) is 0.235. The second-order valence-corrected chi connectivity index (χ2v) is 11.6. The summed E-state index contributed by atoms with van der Waals surface area (Å²) in [6, 6.07) is 11.8. The van der Waals surface area contributed by atoms with Crippen molar-refractivity contribution in [1.29, 1.82) is 0 Å². The number of aromatic nitrogens is 2. The Kier molecular flexibility index (Phi) is 8.46. The van der Waals surface area contributed by atoms with Crippen LogP contribution < -0.4 is 9.50 Å². The molecule has 1 amide bonds. The molecule has 1 heterocycles. The number of alkyl halides is 5. The minimum Gasteiger partial charge on any atom is -0.382 e. The lowest BCUT2D eigenvalue weighted by atomic mass is 9.92. The molecule has 216 valence electrons. The average Bonchev–Trinajstić information content (AvgIpc) is 3.21. The van der Waals surface area contributed by atoms with Gasteiger partial charge in [-0.3, -0.25) is 4.79 Å². The van der Waals surface area contributed by atoms with E-state index >= 15 is 0 Å². The first-order chi connectivity index (χ1) is 18.6. The Balaban J connectivity index is 1.64. The van der Waals surface area contributed by atoms with Crippen LogP contribution in [0.3, 0.4) is 0 Å². The number of carbonyl (C=O) groups excluding carboxylic acids is 1. The van der Waals surface area contributed by atoms with Crippen molar-refractivity contribution in [2.24, 2.45) is 0 Å². The molecule has 40 heavy (non-hydrogen) atoms. The Morgan fingerprint density at radius 2 is 1.75 bits per heavy atom. The fraction of sp³-hybridized carbons (Fsp3) is 0.385. The van der Waals surface area contributed by atoms with Gasteiger partial charge in [-0.25, -0.2) is 13.5 Å². The van der Waals surface area contributed by atoms with E-state index < -0.39 is 46.3 Å². The van der Waals surface area contributed by atoms with Crippen LogP contribution in [-0.4, -0.2) is 48.0 Å². The lowest BCUT2D eigenvalue weighted by Gasteiger charge is -2.28. The van der Waals surface area contributed by atoms with Crippen LogP contribution >= 0.6 is 11.6 Å². The van der Waals surface area contributed by atoms with Gasteiger partial charge in [0.1, 0.15) is 5.75 Å². The number of hydrogen-bond acceptors (Lipinski definition) is 5. The van der Waals surface area contributed by atoms with Crippen molar-refractivity contribution in [1.82, 2.24) is 15.1 Å². The van der Waals surface area contributed by atoms with Gasteiger partial charge >= 0.3 is 16.3 Å². The van der Waals surface area contributed by atoms with Crippen LogP contribution in [-0.2, 0) is 10.1 Å². The monoisotopic (exact) mass is 605 g/mol. The molecule has 1 N–H and O–H groups in total. The number of para-hydroxylation sites is 1. The molecule has 1 fully saturated rings. The Labute approximate surface area is 232 Å². The molecule has 0 aliphatic heterocycles. The predicted molar refractivity (Wildman–Crippen MR) is 139 cm³/mol. The van der Waals surface area contributed by atoms with Crippen molar-refractivity contribution >= 4 is 27.6 Å². The molecule has 4 rings (SSSR count). The maximum atomic E-state index is 13.5. The summed E-state index contributed by atoms with van der Waals surface area (Å²) >= 11 is 6.40. The molecule has 14 heteroatoms. The highest BCUT2D eigenvalue weighted by atomic mass is 35.5. The minimum absolute atomic E-state index is 0.0438. The molecule has 1 aromatic heterocycles. The average molecular weight is 606 g/mol.